The van der Waals surface area contributed by atoms with Gasteiger partial charge in [0.15, 0.2) is 4.90 Å². The topological polar surface area (TPSA) is 147 Å². The Labute approximate surface area is 201 Å². The number of sulfonamides is 1. The van der Waals surface area contributed by atoms with Crippen molar-refractivity contribution in [1.29, 1.82) is 0 Å². The number of nitrogens with one attached hydrogen (secondary N) is 1. The summed E-state index contributed by atoms with van der Waals surface area (Å²) in [6, 6.07) is 11.2. The van der Waals surface area contributed by atoms with E-state index in [9.17, 15) is 32.9 Å². The quantitative estimate of drug-likeness (QED) is 0.347. The first-order chi connectivity index (χ1) is 16.6. The van der Waals surface area contributed by atoms with Crippen LogP contribution in [0.3, 0.4) is 0 Å². The number of carbonyl (C=O) groups is 3. The van der Waals surface area contributed by atoms with Crippen LogP contribution >= 0.6 is 0 Å². The van der Waals surface area contributed by atoms with Crippen molar-refractivity contribution >= 4 is 33.4 Å². The second kappa shape index (κ2) is 9.55. The Morgan fingerprint density at radius 1 is 1.03 bits per heavy atom. The fourth-order valence-corrected chi connectivity index (χ4v) is 5.79. The predicted octanol–water partition coefficient (Wildman–Crippen LogP) is 1.94. The molecular weight excluding hydrogens is 476 g/mol. The van der Waals surface area contributed by atoms with Crippen molar-refractivity contribution < 1.29 is 27.7 Å². The molecule has 12 heteroatoms. The largest absolute Gasteiger partial charge is 0.342 e. The third-order valence-electron chi connectivity index (χ3n) is 6.56. The highest BCUT2D eigenvalue weighted by Crippen LogP contribution is 2.32. The van der Waals surface area contributed by atoms with Gasteiger partial charge in [-0.25, -0.2) is 13.1 Å². The molecule has 3 amide bonds. The van der Waals surface area contributed by atoms with Crippen LogP contribution in [-0.2, 0) is 14.8 Å². The van der Waals surface area contributed by atoms with Gasteiger partial charge in [-0.05, 0) is 43.9 Å². The Balaban J connectivity index is 1.34. The smallest absolute Gasteiger partial charge is 0.289 e. The van der Waals surface area contributed by atoms with Gasteiger partial charge in [0.1, 0.15) is 0 Å². The summed E-state index contributed by atoms with van der Waals surface area (Å²) in [5.41, 5.74) is 0.225. The maximum absolute atomic E-state index is 12.7. The number of amides is 3. The van der Waals surface area contributed by atoms with Crippen molar-refractivity contribution in [2.45, 2.75) is 42.7 Å². The monoisotopic (exact) mass is 500 g/mol. The summed E-state index contributed by atoms with van der Waals surface area (Å²) >= 11 is 0. The highest BCUT2D eigenvalue weighted by atomic mass is 32.2. The van der Waals surface area contributed by atoms with Crippen LogP contribution in [0.25, 0.3) is 0 Å². The molecule has 0 radical (unpaired) electrons. The molecule has 1 aliphatic heterocycles. The number of nitro benzene ring substituents is 1. The molecule has 2 aromatic rings. The third-order valence-corrected chi connectivity index (χ3v) is 8.01. The van der Waals surface area contributed by atoms with Crippen LogP contribution in [0.4, 0.5) is 5.69 Å². The van der Waals surface area contributed by atoms with Crippen LogP contribution in [0, 0.1) is 10.1 Å². The summed E-state index contributed by atoms with van der Waals surface area (Å²) in [5.74, 6) is -1.10. The summed E-state index contributed by atoms with van der Waals surface area (Å²) in [6.07, 6.45) is 2.12. The van der Waals surface area contributed by atoms with E-state index in [-0.39, 0.29) is 23.9 Å². The molecule has 4 rings (SSSR count). The number of hydrogen-bond donors (Lipinski definition) is 1. The van der Waals surface area contributed by atoms with E-state index in [4.69, 9.17) is 0 Å². The van der Waals surface area contributed by atoms with E-state index in [1.807, 2.05) is 0 Å². The van der Waals surface area contributed by atoms with E-state index in [1.54, 1.807) is 31.3 Å². The van der Waals surface area contributed by atoms with Crippen molar-refractivity contribution in [3.63, 3.8) is 0 Å². The lowest BCUT2D eigenvalue weighted by atomic mass is 9.89. The Kier molecular flexibility index (Phi) is 6.68. The highest BCUT2D eigenvalue weighted by molar-refractivity contribution is 7.89. The summed E-state index contributed by atoms with van der Waals surface area (Å²) in [4.78, 5) is 50.7. The minimum atomic E-state index is -4.27. The molecule has 1 saturated carbocycles. The number of para-hydroxylation sites is 1. The van der Waals surface area contributed by atoms with Crippen molar-refractivity contribution in [2.75, 3.05) is 13.6 Å². The van der Waals surface area contributed by atoms with Gasteiger partial charge in [-0.3, -0.25) is 29.4 Å². The van der Waals surface area contributed by atoms with Crippen LogP contribution in [-0.4, -0.2) is 66.5 Å². The molecule has 2 aliphatic rings. The molecule has 184 valence electrons. The fraction of sp³-hybridized carbons (Fsp3) is 0.348. The normalized spacial score (nSPS) is 20.0. The summed E-state index contributed by atoms with van der Waals surface area (Å²) in [5, 5.41) is 11.1. The molecule has 0 atom stereocenters. The number of rotatable bonds is 7. The molecular formula is C23H24N4O7S. The number of carbonyl (C=O) groups excluding carboxylic acids is 3. The second-order valence-electron chi connectivity index (χ2n) is 8.54. The van der Waals surface area contributed by atoms with Gasteiger partial charge in [-0.2, -0.15) is 0 Å². The molecule has 0 bridgehead atoms. The van der Waals surface area contributed by atoms with Crippen LogP contribution in [0.5, 0.6) is 0 Å². The lowest BCUT2D eigenvalue weighted by Crippen LogP contribution is -2.48. The zero-order valence-electron chi connectivity index (χ0n) is 18.9. The molecule has 1 aliphatic carbocycles. The number of hydrogen-bond acceptors (Lipinski definition) is 7. The molecule has 1 N–H and O–H groups in total. The molecule has 0 spiro atoms. The predicted molar refractivity (Wildman–Crippen MR) is 124 cm³/mol. The van der Waals surface area contributed by atoms with Gasteiger partial charge >= 0.3 is 0 Å². The number of nitrogens with zero attached hydrogens (tertiary/aromatic N) is 3. The number of fused-ring (bicyclic) bond motifs is 1. The average Bonchev–Trinajstić information content (AvgIpc) is 3.12. The number of likely N-dealkylation sites (N-methyl/N-ethyl adjacent to an activating group) is 1. The first-order valence-electron chi connectivity index (χ1n) is 11.1. The van der Waals surface area contributed by atoms with Gasteiger partial charge in [0.25, 0.3) is 17.5 Å². The molecule has 35 heavy (non-hydrogen) atoms. The van der Waals surface area contributed by atoms with E-state index in [0.29, 0.717) is 36.8 Å². The molecule has 1 fully saturated rings. The minimum Gasteiger partial charge on any atom is -0.342 e. The SMILES string of the molecule is CN(C(=O)CNS(=O)(=O)c1ccccc1[N+](=O)[O-])C1CCC(N2C(=O)c3ccccc3C2=O)CC1. The van der Waals surface area contributed by atoms with E-state index < -0.39 is 38.0 Å². The number of nitro groups is 1. The lowest BCUT2D eigenvalue weighted by Gasteiger charge is -2.37. The fourth-order valence-electron chi connectivity index (χ4n) is 4.64. The zero-order valence-corrected chi connectivity index (χ0v) is 19.7. The van der Waals surface area contributed by atoms with Crippen LogP contribution in [0.15, 0.2) is 53.4 Å². The van der Waals surface area contributed by atoms with Gasteiger partial charge in [0.2, 0.25) is 15.9 Å². The first kappa shape index (κ1) is 24.5. The maximum atomic E-state index is 12.7. The third kappa shape index (κ3) is 4.66. The maximum Gasteiger partial charge on any atom is 0.289 e. The standard InChI is InChI=1S/C23H24N4O7S/c1-25(21(28)14-24-35(33,34)20-9-5-4-8-19(20)27(31)32)15-10-12-16(13-11-15)26-22(29)17-6-2-3-7-18(17)23(26)30/h2-9,15-16,24H,10-14H2,1H3. The Morgan fingerprint density at radius 3 is 2.14 bits per heavy atom. The highest BCUT2D eigenvalue weighted by Gasteiger charge is 2.41. The first-order valence-corrected chi connectivity index (χ1v) is 12.6. The minimum absolute atomic E-state index is 0.190. The molecule has 0 aromatic heterocycles. The van der Waals surface area contributed by atoms with Crippen LogP contribution < -0.4 is 4.72 Å². The Morgan fingerprint density at radius 2 is 1.57 bits per heavy atom. The Bertz CT molecular complexity index is 1270. The van der Waals surface area contributed by atoms with Gasteiger partial charge in [-0.15, -0.1) is 0 Å². The van der Waals surface area contributed by atoms with Crippen molar-refractivity contribution in [3.8, 4) is 0 Å². The van der Waals surface area contributed by atoms with E-state index in [2.05, 4.69) is 4.72 Å². The van der Waals surface area contributed by atoms with Gasteiger partial charge < -0.3 is 4.90 Å². The molecule has 1 heterocycles. The Hall–Kier alpha value is -3.64. The molecule has 11 nitrogen and oxygen atoms in total. The van der Waals surface area contributed by atoms with E-state index in [1.165, 1.54) is 21.9 Å². The summed E-state index contributed by atoms with van der Waals surface area (Å²) < 4.78 is 27.2. The van der Waals surface area contributed by atoms with Gasteiger partial charge in [0, 0.05) is 25.2 Å². The summed E-state index contributed by atoms with van der Waals surface area (Å²) in [7, 11) is -2.71. The number of imide groups is 1. The van der Waals surface area contributed by atoms with Crippen molar-refractivity contribution in [2.24, 2.45) is 0 Å². The van der Waals surface area contributed by atoms with Gasteiger partial charge in [-0.1, -0.05) is 24.3 Å². The average molecular weight is 501 g/mol. The summed E-state index contributed by atoms with van der Waals surface area (Å²) in [6.45, 7) is -0.552. The van der Waals surface area contributed by atoms with Crippen LogP contribution in [0.2, 0.25) is 0 Å². The van der Waals surface area contributed by atoms with Gasteiger partial charge in [0.05, 0.1) is 22.6 Å². The van der Waals surface area contributed by atoms with Crippen molar-refractivity contribution in [3.05, 3.63) is 69.8 Å². The zero-order chi connectivity index (χ0) is 25.3. The van der Waals surface area contributed by atoms with Crippen molar-refractivity contribution in [1.82, 2.24) is 14.5 Å². The number of benzene rings is 2. The van der Waals surface area contributed by atoms with Crippen LogP contribution in [0.1, 0.15) is 46.4 Å². The molecule has 0 unspecified atom stereocenters. The van der Waals surface area contributed by atoms with E-state index >= 15 is 0 Å². The molecule has 0 saturated heterocycles. The van der Waals surface area contributed by atoms with E-state index in [0.717, 1.165) is 12.1 Å². The molecule has 2 aromatic carbocycles. The lowest BCUT2D eigenvalue weighted by molar-refractivity contribution is -0.387. The second-order valence-corrected chi connectivity index (χ2v) is 10.3.